The number of hydrogen-bond donors (Lipinski definition) is 4. The molecule has 0 fully saturated rings. The van der Waals surface area contributed by atoms with Crippen LogP contribution < -0.4 is 26.8 Å². The molecule has 0 bridgehead atoms. The van der Waals surface area contributed by atoms with Gasteiger partial charge in [0.2, 0.25) is 5.91 Å². The van der Waals surface area contributed by atoms with Crippen LogP contribution in [-0.2, 0) is 20.7 Å². The average molecular weight is 552 g/mol. The first-order valence-electron chi connectivity index (χ1n) is 11.5. The number of aliphatic imine (C=N–C) groups is 1. The second-order valence-electron chi connectivity index (χ2n) is 7.97. The van der Waals surface area contributed by atoms with Gasteiger partial charge in [-0.1, -0.05) is 35.4 Å². The zero-order valence-corrected chi connectivity index (χ0v) is 20.9. The van der Waals surface area contributed by atoms with E-state index in [-0.39, 0.29) is 31.0 Å². The normalized spacial score (nSPS) is 12.7. The van der Waals surface area contributed by atoms with Crippen LogP contribution in [0.15, 0.2) is 69.8 Å². The molecule has 0 spiro atoms. The standard InChI is InChI=1S/C24H28F3N7O5/c1-38-21(36)18(8-5-13-30-22(28)29)31-20(35)19(14-15-6-3-2-4-7-15)32-23(37)34-33-16-9-11-17(12-10-16)39-24(25,26)27/h2-4,6-7,9-12,18-19H,5,8,13-14H2,1H3,(H,31,35)(H,32,37)(H4,28,29,30). The van der Waals surface area contributed by atoms with Crippen molar-refractivity contribution in [3.8, 4) is 5.75 Å². The number of nitrogens with zero attached hydrogens (tertiary/aromatic N) is 3. The number of azo groups is 1. The molecule has 2 aromatic carbocycles. The molecular formula is C24H28F3N7O5. The quantitative estimate of drug-likeness (QED) is 0.103. The summed E-state index contributed by atoms with van der Waals surface area (Å²) in [6.07, 6.45) is -4.28. The van der Waals surface area contributed by atoms with Gasteiger partial charge < -0.3 is 31.6 Å². The van der Waals surface area contributed by atoms with Gasteiger partial charge in [0.1, 0.15) is 17.8 Å². The molecule has 0 aliphatic rings. The molecule has 210 valence electrons. The summed E-state index contributed by atoms with van der Waals surface area (Å²) in [6, 6.07) is 9.90. The maximum atomic E-state index is 13.1. The molecule has 39 heavy (non-hydrogen) atoms. The van der Waals surface area contributed by atoms with Crippen LogP contribution in [0.3, 0.4) is 0 Å². The lowest BCUT2D eigenvalue weighted by atomic mass is 10.0. The zero-order chi connectivity index (χ0) is 28.8. The van der Waals surface area contributed by atoms with Crippen molar-refractivity contribution >= 4 is 29.6 Å². The first-order valence-corrected chi connectivity index (χ1v) is 11.5. The van der Waals surface area contributed by atoms with Gasteiger partial charge in [0.25, 0.3) is 0 Å². The van der Waals surface area contributed by atoms with E-state index in [1.54, 1.807) is 30.3 Å². The Bertz CT molecular complexity index is 1150. The topological polar surface area (TPSA) is 183 Å². The molecule has 0 aliphatic carbocycles. The minimum absolute atomic E-state index is 0.0549. The van der Waals surface area contributed by atoms with Gasteiger partial charge in [-0.05, 0) is 42.7 Å². The summed E-state index contributed by atoms with van der Waals surface area (Å²) in [4.78, 5) is 41.6. The fourth-order valence-corrected chi connectivity index (χ4v) is 3.22. The molecule has 0 aromatic heterocycles. The number of methoxy groups -OCH3 is 1. The van der Waals surface area contributed by atoms with Gasteiger partial charge in [0.15, 0.2) is 5.96 Å². The largest absolute Gasteiger partial charge is 0.573 e. The lowest BCUT2D eigenvalue weighted by Gasteiger charge is -2.21. The summed E-state index contributed by atoms with van der Waals surface area (Å²) in [5, 5.41) is 12.1. The van der Waals surface area contributed by atoms with E-state index in [0.29, 0.717) is 12.0 Å². The number of nitrogens with one attached hydrogen (secondary N) is 2. The van der Waals surface area contributed by atoms with Crippen molar-refractivity contribution in [2.24, 2.45) is 26.7 Å². The Hall–Kier alpha value is -4.69. The van der Waals surface area contributed by atoms with E-state index in [1.165, 1.54) is 7.11 Å². The van der Waals surface area contributed by atoms with Gasteiger partial charge in [0.05, 0.1) is 12.8 Å². The minimum atomic E-state index is -4.85. The number of hydrogen-bond acceptors (Lipinski definition) is 7. The average Bonchev–Trinajstić information content (AvgIpc) is 2.88. The van der Waals surface area contributed by atoms with Crippen LogP contribution in [0.25, 0.3) is 0 Å². The Kier molecular flexibility index (Phi) is 11.7. The summed E-state index contributed by atoms with van der Waals surface area (Å²) in [5.74, 6) is -1.97. The van der Waals surface area contributed by atoms with E-state index in [4.69, 9.17) is 16.2 Å². The summed E-state index contributed by atoms with van der Waals surface area (Å²) >= 11 is 0. The maximum Gasteiger partial charge on any atom is 0.573 e. The van der Waals surface area contributed by atoms with Crippen LogP contribution in [0, 0.1) is 0 Å². The molecular weight excluding hydrogens is 523 g/mol. The minimum Gasteiger partial charge on any atom is -0.467 e. The highest BCUT2D eigenvalue weighted by Gasteiger charge is 2.31. The number of benzene rings is 2. The number of ether oxygens (including phenoxy) is 2. The van der Waals surface area contributed by atoms with Crippen LogP contribution in [0.4, 0.5) is 23.7 Å². The third-order valence-corrected chi connectivity index (χ3v) is 4.97. The van der Waals surface area contributed by atoms with Crippen LogP contribution >= 0.6 is 0 Å². The van der Waals surface area contributed by atoms with Crippen LogP contribution in [0.5, 0.6) is 5.75 Å². The van der Waals surface area contributed by atoms with Crippen molar-refractivity contribution < 1.29 is 37.0 Å². The molecule has 2 aromatic rings. The Balaban J connectivity index is 2.11. The number of guanidine groups is 1. The highest BCUT2D eigenvalue weighted by atomic mass is 19.4. The van der Waals surface area contributed by atoms with E-state index < -0.39 is 42.1 Å². The molecule has 0 aliphatic heterocycles. The Morgan fingerprint density at radius 1 is 0.974 bits per heavy atom. The molecule has 6 N–H and O–H groups in total. The lowest BCUT2D eigenvalue weighted by molar-refractivity contribution is -0.274. The fraction of sp³-hybridized carbons (Fsp3) is 0.333. The number of esters is 1. The van der Waals surface area contributed by atoms with Gasteiger partial charge in [-0.25, -0.2) is 9.59 Å². The van der Waals surface area contributed by atoms with Gasteiger partial charge in [0, 0.05) is 13.0 Å². The van der Waals surface area contributed by atoms with Crippen LogP contribution in [0.2, 0.25) is 0 Å². The van der Waals surface area contributed by atoms with Gasteiger partial charge in [-0.2, -0.15) is 0 Å². The summed E-state index contributed by atoms with van der Waals surface area (Å²) in [7, 11) is 1.17. The second-order valence-corrected chi connectivity index (χ2v) is 7.97. The van der Waals surface area contributed by atoms with Crippen molar-refractivity contribution in [2.75, 3.05) is 13.7 Å². The number of urea groups is 1. The van der Waals surface area contributed by atoms with E-state index in [9.17, 15) is 27.6 Å². The summed E-state index contributed by atoms with van der Waals surface area (Å²) in [5.41, 5.74) is 11.3. The second kappa shape index (κ2) is 14.9. The van der Waals surface area contributed by atoms with E-state index in [2.05, 4.69) is 30.6 Å². The monoisotopic (exact) mass is 551 g/mol. The van der Waals surface area contributed by atoms with Crippen molar-refractivity contribution in [2.45, 2.75) is 37.7 Å². The lowest BCUT2D eigenvalue weighted by Crippen LogP contribution is -2.52. The number of rotatable bonds is 12. The Morgan fingerprint density at radius 2 is 1.64 bits per heavy atom. The van der Waals surface area contributed by atoms with Gasteiger partial charge >= 0.3 is 18.4 Å². The number of halogens is 3. The third-order valence-electron chi connectivity index (χ3n) is 4.97. The summed E-state index contributed by atoms with van der Waals surface area (Å²) < 4.78 is 45.4. The molecule has 3 amide bonds. The van der Waals surface area contributed by atoms with Crippen molar-refractivity contribution in [3.05, 3.63) is 60.2 Å². The Morgan fingerprint density at radius 3 is 2.23 bits per heavy atom. The first kappa shape index (κ1) is 30.5. The molecule has 12 nitrogen and oxygen atoms in total. The number of alkyl halides is 3. The number of carbonyl (C=O) groups is 3. The number of nitrogens with two attached hydrogens (primary N) is 2. The molecule has 2 rings (SSSR count). The van der Waals surface area contributed by atoms with Gasteiger partial charge in [-0.3, -0.25) is 9.79 Å². The molecule has 0 saturated heterocycles. The molecule has 2 atom stereocenters. The number of carbonyl (C=O) groups excluding carboxylic acids is 3. The van der Waals surface area contributed by atoms with Crippen LogP contribution in [-0.4, -0.2) is 56.0 Å². The van der Waals surface area contributed by atoms with Crippen LogP contribution in [0.1, 0.15) is 18.4 Å². The molecule has 0 radical (unpaired) electrons. The zero-order valence-electron chi connectivity index (χ0n) is 20.9. The molecule has 2 unspecified atom stereocenters. The highest BCUT2D eigenvalue weighted by molar-refractivity contribution is 5.90. The van der Waals surface area contributed by atoms with Crippen molar-refractivity contribution in [1.29, 1.82) is 0 Å². The van der Waals surface area contributed by atoms with Crippen molar-refractivity contribution in [1.82, 2.24) is 10.6 Å². The fourth-order valence-electron chi connectivity index (χ4n) is 3.22. The third kappa shape index (κ3) is 11.9. The van der Waals surface area contributed by atoms with E-state index in [0.717, 1.165) is 24.3 Å². The highest BCUT2D eigenvalue weighted by Crippen LogP contribution is 2.25. The first-order chi connectivity index (χ1) is 18.5. The SMILES string of the molecule is COC(=O)C(CCCN=C(N)N)NC(=O)C(Cc1ccccc1)NC(=O)N=Nc1ccc(OC(F)(F)F)cc1. The molecule has 0 saturated carbocycles. The molecule has 15 heteroatoms. The predicted octanol–water partition coefficient (Wildman–Crippen LogP) is 2.70. The summed E-state index contributed by atoms with van der Waals surface area (Å²) in [6.45, 7) is 0.222. The van der Waals surface area contributed by atoms with E-state index in [1.807, 2.05) is 0 Å². The van der Waals surface area contributed by atoms with Gasteiger partial charge in [-0.15, -0.1) is 18.3 Å². The van der Waals surface area contributed by atoms with E-state index >= 15 is 0 Å². The number of amides is 3. The predicted molar refractivity (Wildman–Crippen MR) is 134 cm³/mol. The smallest absolute Gasteiger partial charge is 0.467 e. The molecule has 0 heterocycles. The van der Waals surface area contributed by atoms with Crippen molar-refractivity contribution in [3.63, 3.8) is 0 Å². The maximum absolute atomic E-state index is 13.1. The Labute approximate surface area is 221 Å².